The molecule has 2 rings (SSSR count). The van der Waals surface area contributed by atoms with Gasteiger partial charge in [0.15, 0.2) is 0 Å². The molecule has 1 aromatic rings. The minimum atomic E-state index is -0.582. The molecular formula is C13H15Cl2NO3S. The van der Waals surface area contributed by atoms with Gasteiger partial charge in [-0.15, -0.1) is 11.3 Å². The second kappa shape index (κ2) is 6.33. The molecule has 1 N–H and O–H groups in total. The number of thiophene rings is 1. The third kappa shape index (κ3) is 3.27. The fraction of sp³-hybridized carbons (Fsp3) is 0.538. The number of nitrogens with one attached hydrogen (secondary N) is 1. The van der Waals surface area contributed by atoms with E-state index < -0.39 is 6.04 Å². The lowest BCUT2D eigenvalue weighted by molar-refractivity contribution is -0.146. The fourth-order valence-electron chi connectivity index (χ4n) is 1.91. The minimum absolute atomic E-state index is 0.171. The Morgan fingerprint density at radius 2 is 2.10 bits per heavy atom. The molecule has 0 aliphatic heterocycles. The van der Waals surface area contributed by atoms with Crippen LogP contribution in [0.5, 0.6) is 0 Å². The summed E-state index contributed by atoms with van der Waals surface area (Å²) in [5.41, 5.74) is 0.637. The van der Waals surface area contributed by atoms with Crippen molar-refractivity contribution in [2.45, 2.75) is 32.7 Å². The Labute approximate surface area is 131 Å². The van der Waals surface area contributed by atoms with Crippen molar-refractivity contribution in [3.05, 3.63) is 19.8 Å². The lowest BCUT2D eigenvalue weighted by atomic mass is 10.1. The zero-order valence-corrected chi connectivity index (χ0v) is 13.5. The van der Waals surface area contributed by atoms with E-state index in [0.29, 0.717) is 26.4 Å². The summed E-state index contributed by atoms with van der Waals surface area (Å²) < 4.78 is 5.38. The minimum Gasteiger partial charge on any atom is -0.464 e. The molecule has 110 valence electrons. The number of carbonyl (C=O) groups excluding carboxylic acids is 2. The number of ether oxygens (including phenoxy) is 1. The Hall–Kier alpha value is -0.780. The molecule has 1 aliphatic rings. The van der Waals surface area contributed by atoms with Crippen LogP contribution in [0.25, 0.3) is 0 Å². The van der Waals surface area contributed by atoms with Crippen molar-refractivity contribution >= 4 is 46.4 Å². The van der Waals surface area contributed by atoms with Crippen LogP contribution in [-0.4, -0.2) is 24.5 Å². The molecule has 1 aromatic heterocycles. The summed E-state index contributed by atoms with van der Waals surface area (Å²) >= 11 is 13.0. The SMILES string of the molecule is CCOC(=O)C(NC(=O)c1sc(Cl)c(Cl)c1C)C1CC1. The van der Waals surface area contributed by atoms with E-state index in [-0.39, 0.29) is 17.8 Å². The lowest BCUT2D eigenvalue weighted by Crippen LogP contribution is -2.43. The number of hydrogen-bond acceptors (Lipinski definition) is 4. The monoisotopic (exact) mass is 335 g/mol. The van der Waals surface area contributed by atoms with Gasteiger partial charge in [0.05, 0.1) is 16.5 Å². The molecule has 0 saturated heterocycles. The Morgan fingerprint density at radius 1 is 1.45 bits per heavy atom. The van der Waals surface area contributed by atoms with Crippen LogP contribution in [-0.2, 0) is 9.53 Å². The van der Waals surface area contributed by atoms with Crippen molar-refractivity contribution < 1.29 is 14.3 Å². The van der Waals surface area contributed by atoms with Crippen LogP contribution in [0.15, 0.2) is 0 Å². The van der Waals surface area contributed by atoms with E-state index >= 15 is 0 Å². The van der Waals surface area contributed by atoms with Gasteiger partial charge in [0.2, 0.25) is 0 Å². The van der Waals surface area contributed by atoms with Gasteiger partial charge in [-0.2, -0.15) is 0 Å². The van der Waals surface area contributed by atoms with E-state index in [1.165, 1.54) is 0 Å². The summed E-state index contributed by atoms with van der Waals surface area (Å²) in [4.78, 5) is 24.6. The topological polar surface area (TPSA) is 55.4 Å². The van der Waals surface area contributed by atoms with Crippen LogP contribution in [0.3, 0.4) is 0 Å². The average Bonchev–Trinajstić information content (AvgIpc) is 3.20. The highest BCUT2D eigenvalue weighted by atomic mass is 35.5. The quantitative estimate of drug-likeness (QED) is 0.838. The van der Waals surface area contributed by atoms with Crippen LogP contribution in [0.4, 0.5) is 0 Å². The molecule has 0 bridgehead atoms. The van der Waals surface area contributed by atoms with Crippen LogP contribution >= 0.6 is 34.5 Å². The summed E-state index contributed by atoms with van der Waals surface area (Å²) in [5, 5.41) is 3.13. The van der Waals surface area contributed by atoms with Gasteiger partial charge in [-0.1, -0.05) is 23.2 Å². The molecule has 4 nitrogen and oxygen atoms in total. The van der Waals surface area contributed by atoms with Gasteiger partial charge in [-0.3, -0.25) is 4.79 Å². The molecule has 7 heteroatoms. The maximum Gasteiger partial charge on any atom is 0.328 e. The smallest absolute Gasteiger partial charge is 0.328 e. The van der Waals surface area contributed by atoms with Crippen LogP contribution in [0.1, 0.15) is 35.0 Å². The third-order valence-electron chi connectivity index (χ3n) is 3.16. The lowest BCUT2D eigenvalue weighted by Gasteiger charge is -2.16. The second-order valence-electron chi connectivity index (χ2n) is 4.68. The number of halogens is 2. The zero-order valence-electron chi connectivity index (χ0n) is 11.2. The molecule has 0 aromatic carbocycles. The summed E-state index contributed by atoms with van der Waals surface area (Å²) in [7, 11) is 0. The molecule has 1 atom stereocenters. The van der Waals surface area contributed by atoms with Crippen molar-refractivity contribution in [1.82, 2.24) is 5.32 Å². The number of hydrogen-bond donors (Lipinski definition) is 1. The number of esters is 1. The standard InChI is InChI=1S/C13H15Cl2NO3S/c1-3-19-13(18)9(7-4-5-7)16-12(17)10-6(2)8(14)11(15)20-10/h7,9H,3-5H2,1-2H3,(H,16,17). The summed E-state index contributed by atoms with van der Waals surface area (Å²) in [5.74, 6) is -0.537. The van der Waals surface area contributed by atoms with Crippen molar-refractivity contribution in [3.8, 4) is 0 Å². The van der Waals surface area contributed by atoms with Gasteiger partial charge in [-0.25, -0.2) is 4.79 Å². The first-order valence-electron chi connectivity index (χ1n) is 6.37. The van der Waals surface area contributed by atoms with E-state index in [9.17, 15) is 9.59 Å². The molecule has 1 aliphatic carbocycles. The van der Waals surface area contributed by atoms with Gasteiger partial charge in [0.1, 0.15) is 10.4 Å². The van der Waals surface area contributed by atoms with Crippen molar-refractivity contribution in [2.24, 2.45) is 5.92 Å². The Bertz CT molecular complexity index is 540. The van der Waals surface area contributed by atoms with Gasteiger partial charge < -0.3 is 10.1 Å². The van der Waals surface area contributed by atoms with E-state index in [1.807, 2.05) is 0 Å². The van der Waals surface area contributed by atoms with E-state index in [4.69, 9.17) is 27.9 Å². The summed E-state index contributed by atoms with van der Waals surface area (Å²) in [6.45, 7) is 3.77. The number of rotatable bonds is 5. The first kappa shape index (κ1) is 15.6. The predicted molar refractivity (Wildman–Crippen MR) is 79.7 cm³/mol. The van der Waals surface area contributed by atoms with Crippen molar-refractivity contribution in [3.63, 3.8) is 0 Å². The Kier molecular flexibility index (Phi) is 4.94. The molecule has 1 fully saturated rings. The first-order valence-corrected chi connectivity index (χ1v) is 7.94. The van der Waals surface area contributed by atoms with Crippen LogP contribution in [0.2, 0.25) is 9.36 Å². The normalized spacial score (nSPS) is 15.8. The molecular weight excluding hydrogens is 321 g/mol. The maximum absolute atomic E-state index is 12.3. The fourth-order valence-corrected chi connectivity index (χ4v) is 3.38. The molecule has 1 heterocycles. The van der Waals surface area contributed by atoms with E-state index in [1.54, 1.807) is 13.8 Å². The molecule has 1 unspecified atom stereocenters. The van der Waals surface area contributed by atoms with Crippen molar-refractivity contribution in [1.29, 1.82) is 0 Å². The van der Waals surface area contributed by atoms with Gasteiger partial charge in [-0.05, 0) is 38.2 Å². The molecule has 1 saturated carbocycles. The summed E-state index contributed by atoms with van der Waals surface area (Å²) in [6, 6.07) is -0.582. The second-order valence-corrected chi connectivity index (χ2v) is 6.69. The number of amides is 1. The van der Waals surface area contributed by atoms with Crippen LogP contribution in [0, 0.1) is 12.8 Å². The molecule has 1 amide bonds. The first-order chi connectivity index (χ1) is 9.45. The molecule has 0 spiro atoms. The van der Waals surface area contributed by atoms with Gasteiger partial charge in [0.25, 0.3) is 5.91 Å². The highest BCUT2D eigenvalue weighted by Crippen LogP contribution is 2.37. The largest absolute Gasteiger partial charge is 0.464 e. The highest BCUT2D eigenvalue weighted by molar-refractivity contribution is 7.19. The zero-order chi connectivity index (χ0) is 14.9. The Morgan fingerprint density at radius 3 is 2.55 bits per heavy atom. The Balaban J connectivity index is 2.12. The highest BCUT2D eigenvalue weighted by Gasteiger charge is 2.38. The average molecular weight is 336 g/mol. The molecule has 0 radical (unpaired) electrons. The predicted octanol–water partition coefficient (Wildman–Crippen LogP) is 3.43. The number of carbonyl (C=O) groups is 2. The maximum atomic E-state index is 12.3. The van der Waals surface area contributed by atoms with E-state index in [0.717, 1.165) is 24.2 Å². The third-order valence-corrected chi connectivity index (χ3v) is 5.34. The van der Waals surface area contributed by atoms with Gasteiger partial charge in [0, 0.05) is 0 Å². The molecule has 20 heavy (non-hydrogen) atoms. The van der Waals surface area contributed by atoms with Crippen molar-refractivity contribution in [2.75, 3.05) is 6.61 Å². The summed E-state index contributed by atoms with van der Waals surface area (Å²) in [6.07, 6.45) is 1.85. The van der Waals surface area contributed by atoms with Gasteiger partial charge >= 0.3 is 5.97 Å². The van der Waals surface area contributed by atoms with Crippen LogP contribution < -0.4 is 5.32 Å². The van der Waals surface area contributed by atoms with E-state index in [2.05, 4.69) is 5.32 Å².